The van der Waals surface area contributed by atoms with E-state index < -0.39 is 17.7 Å². The first-order chi connectivity index (χ1) is 14.3. The summed E-state index contributed by atoms with van der Waals surface area (Å²) < 4.78 is 5.38. The number of allylic oxidation sites excluding steroid dienone is 2. The van der Waals surface area contributed by atoms with Crippen molar-refractivity contribution in [1.29, 1.82) is 5.26 Å². The molecule has 0 spiro atoms. The Bertz CT molecular complexity index is 1040. The molecule has 1 heterocycles. The van der Waals surface area contributed by atoms with E-state index in [1.165, 1.54) is 0 Å². The maximum atomic E-state index is 12.4. The monoisotopic (exact) mass is 401 g/mol. The zero-order chi connectivity index (χ0) is 21.7. The summed E-state index contributed by atoms with van der Waals surface area (Å²) in [5.41, 5.74) is 2.19. The minimum absolute atomic E-state index is 0.366. The normalized spacial score (nSPS) is 16.1. The lowest BCUT2D eigenvalue weighted by molar-refractivity contribution is -0.104. The second kappa shape index (κ2) is 8.66. The smallest absolute Gasteiger partial charge is 0.412 e. The first-order valence-electron chi connectivity index (χ1n) is 9.53. The molecule has 152 valence electrons. The highest BCUT2D eigenvalue weighted by atomic mass is 16.6. The van der Waals surface area contributed by atoms with Crippen molar-refractivity contribution in [3.8, 4) is 6.07 Å². The van der Waals surface area contributed by atoms with Gasteiger partial charge in [-0.2, -0.15) is 5.26 Å². The molecule has 1 amide bonds. The van der Waals surface area contributed by atoms with E-state index >= 15 is 0 Å². The molecule has 1 atom stereocenters. The summed E-state index contributed by atoms with van der Waals surface area (Å²) in [6, 6.07) is 18.5. The number of hydrogen-bond donors (Lipinski definition) is 1. The number of nitrogens with one attached hydrogen (secondary N) is 1. The highest BCUT2D eigenvalue weighted by Crippen LogP contribution is 2.40. The summed E-state index contributed by atoms with van der Waals surface area (Å²) >= 11 is 0. The number of nitriles is 1. The third-order valence-corrected chi connectivity index (χ3v) is 4.38. The molecular formula is C24H23N3O3. The van der Waals surface area contributed by atoms with Gasteiger partial charge in [0, 0.05) is 11.8 Å². The van der Waals surface area contributed by atoms with Gasteiger partial charge >= 0.3 is 6.09 Å². The molecule has 1 aliphatic rings. The molecule has 0 fully saturated rings. The van der Waals surface area contributed by atoms with Crippen molar-refractivity contribution in [3.05, 3.63) is 83.6 Å². The van der Waals surface area contributed by atoms with Crippen LogP contribution < -0.4 is 10.2 Å². The number of hydrogen-bond acceptors (Lipinski definition) is 5. The zero-order valence-corrected chi connectivity index (χ0v) is 17.1. The number of benzene rings is 2. The molecule has 6 heteroatoms. The first-order valence-corrected chi connectivity index (χ1v) is 9.53. The molecule has 0 aromatic heterocycles. The van der Waals surface area contributed by atoms with Gasteiger partial charge in [-0.05, 0) is 44.5 Å². The number of rotatable bonds is 4. The number of anilines is 2. The van der Waals surface area contributed by atoms with Gasteiger partial charge in [-0.1, -0.05) is 42.5 Å². The minimum Gasteiger partial charge on any atom is -0.444 e. The van der Waals surface area contributed by atoms with Crippen LogP contribution in [0.3, 0.4) is 0 Å². The van der Waals surface area contributed by atoms with E-state index in [-0.39, 0.29) is 0 Å². The number of ether oxygens (including phenoxy) is 1. The molecule has 30 heavy (non-hydrogen) atoms. The minimum atomic E-state index is -0.641. The van der Waals surface area contributed by atoms with Gasteiger partial charge in [0.15, 0.2) is 6.29 Å². The fourth-order valence-electron chi connectivity index (χ4n) is 3.24. The number of amides is 1. The Labute approximate surface area is 176 Å². The van der Waals surface area contributed by atoms with Crippen LogP contribution in [0.25, 0.3) is 0 Å². The number of carbonyl (C=O) groups excluding carboxylic acids is 2. The Kier molecular flexibility index (Phi) is 6.03. The molecule has 0 radical (unpaired) electrons. The summed E-state index contributed by atoms with van der Waals surface area (Å²) in [6.45, 7) is 5.37. The van der Waals surface area contributed by atoms with E-state index in [9.17, 15) is 14.9 Å². The number of para-hydroxylation sites is 2. The molecule has 2 aromatic carbocycles. The van der Waals surface area contributed by atoms with Crippen molar-refractivity contribution < 1.29 is 14.3 Å². The van der Waals surface area contributed by atoms with Gasteiger partial charge in [-0.25, -0.2) is 4.79 Å². The van der Waals surface area contributed by atoms with Gasteiger partial charge in [0.05, 0.1) is 29.1 Å². The third kappa shape index (κ3) is 4.76. The molecule has 2 aromatic rings. The maximum absolute atomic E-state index is 12.4. The first kappa shape index (κ1) is 20.9. The van der Waals surface area contributed by atoms with Crippen molar-refractivity contribution in [2.45, 2.75) is 32.4 Å². The Hall–Kier alpha value is -3.85. The van der Waals surface area contributed by atoms with Crippen LogP contribution in [0.2, 0.25) is 0 Å². The van der Waals surface area contributed by atoms with E-state index in [2.05, 4.69) is 11.4 Å². The standard InChI is InChI=1S/C24H23N3O3/c1-24(2,3)30-23(29)26-20-11-7-8-12-21(20)27-15-17(16-28)13-19(14-25)22(27)18-9-5-4-6-10-18/h4-13,15-16,22H,1-3H3,(H,26,29). The van der Waals surface area contributed by atoms with Crippen LogP contribution >= 0.6 is 0 Å². The van der Waals surface area contributed by atoms with E-state index in [1.807, 2.05) is 47.4 Å². The van der Waals surface area contributed by atoms with Crippen LogP contribution in [0.4, 0.5) is 16.2 Å². The molecule has 1 N–H and O–H groups in total. The Balaban J connectivity index is 2.07. The van der Waals surface area contributed by atoms with Gasteiger partial charge in [-0.3, -0.25) is 10.1 Å². The largest absolute Gasteiger partial charge is 0.444 e. The molecule has 1 aliphatic heterocycles. The van der Waals surface area contributed by atoms with Gasteiger partial charge in [-0.15, -0.1) is 0 Å². The summed E-state index contributed by atoms with van der Waals surface area (Å²) in [5.74, 6) is 0. The van der Waals surface area contributed by atoms with E-state index in [4.69, 9.17) is 4.74 Å². The van der Waals surface area contributed by atoms with Crippen molar-refractivity contribution in [2.75, 3.05) is 10.2 Å². The van der Waals surface area contributed by atoms with Crippen molar-refractivity contribution in [2.24, 2.45) is 0 Å². The summed E-state index contributed by atoms with van der Waals surface area (Å²) in [6.07, 6.45) is 3.39. The second-order valence-electron chi connectivity index (χ2n) is 7.82. The molecule has 1 unspecified atom stereocenters. The topological polar surface area (TPSA) is 82.4 Å². The molecule has 0 aliphatic carbocycles. The van der Waals surface area contributed by atoms with Crippen LogP contribution in [0, 0.1) is 11.3 Å². The quantitative estimate of drug-likeness (QED) is 0.719. The van der Waals surface area contributed by atoms with Crippen molar-refractivity contribution in [1.82, 2.24) is 0 Å². The molecule has 0 bridgehead atoms. The predicted octanol–water partition coefficient (Wildman–Crippen LogP) is 5.13. The SMILES string of the molecule is CC(C)(C)OC(=O)Nc1ccccc1N1C=C(C=O)C=C(C#N)C1c1ccccc1. The maximum Gasteiger partial charge on any atom is 0.412 e. The van der Waals surface area contributed by atoms with Gasteiger partial charge < -0.3 is 9.64 Å². The molecule has 0 saturated carbocycles. The number of aldehydes is 1. The Morgan fingerprint density at radius 2 is 1.80 bits per heavy atom. The highest BCUT2D eigenvalue weighted by molar-refractivity contribution is 5.91. The van der Waals surface area contributed by atoms with Crippen LogP contribution in [0.5, 0.6) is 0 Å². The summed E-state index contributed by atoms with van der Waals surface area (Å²) in [7, 11) is 0. The second-order valence-corrected chi connectivity index (χ2v) is 7.82. The number of carbonyl (C=O) groups is 2. The Morgan fingerprint density at radius 3 is 2.43 bits per heavy atom. The molecule has 3 rings (SSSR count). The zero-order valence-electron chi connectivity index (χ0n) is 17.1. The fraction of sp³-hybridized carbons (Fsp3) is 0.208. The fourth-order valence-corrected chi connectivity index (χ4v) is 3.24. The summed E-state index contributed by atoms with van der Waals surface area (Å²) in [5, 5.41) is 12.5. The molecular weight excluding hydrogens is 378 g/mol. The average Bonchev–Trinajstić information content (AvgIpc) is 2.72. The van der Waals surface area contributed by atoms with Crippen molar-refractivity contribution >= 4 is 23.8 Å². The average molecular weight is 401 g/mol. The van der Waals surface area contributed by atoms with Crippen LogP contribution in [0.1, 0.15) is 32.4 Å². The van der Waals surface area contributed by atoms with Crippen molar-refractivity contribution in [3.63, 3.8) is 0 Å². The Morgan fingerprint density at radius 1 is 1.13 bits per heavy atom. The van der Waals surface area contributed by atoms with Gasteiger partial charge in [0.25, 0.3) is 0 Å². The molecule has 6 nitrogen and oxygen atoms in total. The third-order valence-electron chi connectivity index (χ3n) is 4.38. The van der Waals surface area contributed by atoms with E-state index in [0.717, 1.165) is 5.56 Å². The molecule has 0 saturated heterocycles. The van der Waals surface area contributed by atoms with Crippen LogP contribution in [-0.2, 0) is 9.53 Å². The lowest BCUT2D eigenvalue weighted by Gasteiger charge is -2.35. The van der Waals surface area contributed by atoms with E-state index in [0.29, 0.717) is 28.8 Å². The lowest BCUT2D eigenvalue weighted by Crippen LogP contribution is -2.30. The van der Waals surface area contributed by atoms with Crippen LogP contribution in [0.15, 0.2) is 78.0 Å². The van der Waals surface area contributed by atoms with E-state index in [1.54, 1.807) is 45.2 Å². The van der Waals surface area contributed by atoms with Gasteiger partial charge in [0.2, 0.25) is 0 Å². The summed E-state index contributed by atoms with van der Waals surface area (Å²) in [4.78, 5) is 25.7. The predicted molar refractivity (Wildman–Crippen MR) is 116 cm³/mol. The van der Waals surface area contributed by atoms with Crippen LogP contribution in [-0.4, -0.2) is 18.0 Å². The highest BCUT2D eigenvalue weighted by Gasteiger charge is 2.29. The van der Waals surface area contributed by atoms with Gasteiger partial charge in [0.1, 0.15) is 5.60 Å². The number of nitrogens with zero attached hydrogens (tertiary/aromatic N) is 2. The lowest BCUT2D eigenvalue weighted by atomic mass is 9.93.